The van der Waals surface area contributed by atoms with Crippen molar-refractivity contribution in [2.24, 2.45) is 0 Å². The first-order chi connectivity index (χ1) is 33.4. The van der Waals surface area contributed by atoms with Crippen LogP contribution < -0.4 is 54.6 Å². The van der Waals surface area contributed by atoms with Crippen LogP contribution in [0.1, 0.15) is 0 Å². The van der Waals surface area contributed by atoms with Gasteiger partial charge in [-0.05, 0) is 123 Å². The summed E-state index contributed by atoms with van der Waals surface area (Å²) in [6.07, 6.45) is 0. The molecule has 0 aliphatic heterocycles. The molecule has 0 unspecified atom stereocenters. The minimum absolute atomic E-state index is 0.143. The SMILES string of the molecule is [B]c1c([B])c([B])c(-c2c3cc(-c4ccc5c(ccc6ccccc65)c4)ccc3c(-c3ccccc3)c3ccc(-c4ccc5c(c4)oc4c(-c6c([B])c([B])c([B])c([B])c6[B])cccc45)cc23)c([B])c1[B]. The Morgan fingerprint density at radius 3 is 1.33 bits per heavy atom. The fraction of sp³-hybridized carbons (Fsp3) is 0. The van der Waals surface area contributed by atoms with E-state index in [1.807, 2.05) is 42.5 Å². The van der Waals surface area contributed by atoms with Gasteiger partial charge in [0.25, 0.3) is 0 Å². The van der Waals surface area contributed by atoms with Gasteiger partial charge in [0.1, 0.15) is 89.6 Å². The lowest BCUT2D eigenvalue weighted by molar-refractivity contribution is 0.670. The van der Waals surface area contributed by atoms with Crippen molar-refractivity contribution in [1.82, 2.24) is 0 Å². The van der Waals surface area contributed by atoms with E-state index in [1.54, 1.807) is 0 Å². The molecular formula is C58H26B10O. The zero-order valence-electron chi connectivity index (χ0n) is 37.2. The Morgan fingerprint density at radius 1 is 0.246 bits per heavy atom. The molecule has 20 radical (unpaired) electrons. The Kier molecular flexibility index (Phi) is 10.2. The molecule has 69 heavy (non-hydrogen) atoms. The van der Waals surface area contributed by atoms with E-state index in [0.29, 0.717) is 27.9 Å². The lowest BCUT2D eigenvalue weighted by Crippen LogP contribution is -2.55. The Morgan fingerprint density at radius 2 is 0.710 bits per heavy atom. The van der Waals surface area contributed by atoms with Gasteiger partial charge in [0.2, 0.25) is 0 Å². The summed E-state index contributed by atoms with van der Waals surface area (Å²) in [7, 11) is 65.7. The van der Waals surface area contributed by atoms with Gasteiger partial charge in [0.05, 0.1) is 0 Å². The number of hydrogen-bond donors (Lipinski definition) is 0. The van der Waals surface area contributed by atoms with Gasteiger partial charge in [-0.3, -0.25) is 0 Å². The highest BCUT2D eigenvalue weighted by Gasteiger charge is 2.23. The van der Waals surface area contributed by atoms with Crippen LogP contribution >= 0.6 is 0 Å². The summed E-state index contributed by atoms with van der Waals surface area (Å²) >= 11 is 0. The second-order valence-corrected chi connectivity index (χ2v) is 17.7. The highest BCUT2D eigenvalue weighted by molar-refractivity contribution is 6.70. The summed E-state index contributed by atoms with van der Waals surface area (Å²) in [5, 5.41) is 10.2. The largest absolute Gasteiger partial charge is 0.455 e. The van der Waals surface area contributed by atoms with E-state index in [-0.39, 0.29) is 54.6 Å². The average Bonchev–Trinajstić information content (AvgIpc) is 3.77. The Labute approximate surface area is 413 Å². The highest BCUT2D eigenvalue weighted by Crippen LogP contribution is 2.46. The van der Waals surface area contributed by atoms with Gasteiger partial charge >= 0.3 is 0 Å². The van der Waals surface area contributed by atoms with E-state index in [9.17, 15) is 0 Å². The van der Waals surface area contributed by atoms with Crippen molar-refractivity contribution in [1.29, 1.82) is 0 Å². The first-order valence-electron chi connectivity index (χ1n) is 22.4. The van der Waals surface area contributed by atoms with Crippen molar-refractivity contribution in [3.05, 3.63) is 158 Å². The summed E-state index contributed by atoms with van der Waals surface area (Å²) in [4.78, 5) is 0. The fourth-order valence-electron chi connectivity index (χ4n) is 10.4. The van der Waals surface area contributed by atoms with E-state index in [1.165, 1.54) is 16.2 Å². The van der Waals surface area contributed by atoms with Gasteiger partial charge in [-0.2, -0.15) is 0 Å². The molecule has 0 N–H and O–H groups in total. The molecule has 0 spiro atoms. The Hall–Kier alpha value is -7.09. The molecule has 0 atom stereocenters. The monoisotopic (exact) mass is 848 g/mol. The Balaban J connectivity index is 1.13. The molecule has 0 aliphatic carbocycles. The van der Waals surface area contributed by atoms with E-state index in [2.05, 4.69) is 115 Å². The molecule has 0 bridgehead atoms. The molecule has 0 amide bonds. The van der Waals surface area contributed by atoms with E-state index >= 15 is 0 Å². The third-order valence-electron chi connectivity index (χ3n) is 14.0. The van der Waals surface area contributed by atoms with Crippen molar-refractivity contribution in [3.8, 4) is 55.6 Å². The molecule has 0 saturated carbocycles. The average molecular weight is 847 g/mol. The normalized spacial score (nSPS) is 11.8. The molecule has 0 fully saturated rings. The maximum atomic E-state index is 7.03. The second kappa shape index (κ2) is 16.3. The van der Waals surface area contributed by atoms with Crippen LogP contribution in [0.2, 0.25) is 0 Å². The minimum Gasteiger partial charge on any atom is -0.455 e. The summed E-state index contributed by atoms with van der Waals surface area (Å²) < 4.78 is 6.71. The van der Waals surface area contributed by atoms with Crippen LogP contribution in [-0.2, 0) is 0 Å². The van der Waals surface area contributed by atoms with Crippen LogP contribution in [0.25, 0.3) is 121 Å². The van der Waals surface area contributed by atoms with Crippen LogP contribution in [0, 0.1) is 0 Å². The van der Waals surface area contributed by atoms with E-state index in [4.69, 9.17) is 82.9 Å². The van der Waals surface area contributed by atoms with Gasteiger partial charge in [0, 0.05) is 16.3 Å². The summed E-state index contributed by atoms with van der Waals surface area (Å²) in [5.74, 6) is 0. The first kappa shape index (κ1) is 43.2. The van der Waals surface area contributed by atoms with Gasteiger partial charge < -0.3 is 4.42 Å². The molecule has 0 saturated heterocycles. The van der Waals surface area contributed by atoms with Crippen LogP contribution in [-0.4, -0.2) is 78.5 Å². The van der Waals surface area contributed by atoms with Gasteiger partial charge in [-0.15, -0.1) is 32.8 Å². The van der Waals surface area contributed by atoms with Crippen molar-refractivity contribution < 1.29 is 4.42 Å². The lowest BCUT2D eigenvalue weighted by atomic mass is 9.59. The fourth-order valence-corrected chi connectivity index (χ4v) is 10.4. The zero-order valence-corrected chi connectivity index (χ0v) is 37.2. The second-order valence-electron chi connectivity index (χ2n) is 17.7. The highest BCUT2D eigenvalue weighted by atomic mass is 16.3. The van der Waals surface area contributed by atoms with Crippen molar-refractivity contribution >= 4 is 198 Å². The molecule has 12 aromatic rings. The van der Waals surface area contributed by atoms with Crippen molar-refractivity contribution in [2.75, 3.05) is 0 Å². The number of para-hydroxylation sites is 1. The van der Waals surface area contributed by atoms with E-state index < -0.39 is 0 Å². The van der Waals surface area contributed by atoms with E-state index in [0.717, 1.165) is 76.6 Å². The quantitative estimate of drug-likeness (QED) is 0.142. The molecule has 12 rings (SSSR count). The van der Waals surface area contributed by atoms with Crippen LogP contribution in [0.4, 0.5) is 0 Å². The number of rotatable bonds is 5. The lowest BCUT2D eigenvalue weighted by Gasteiger charge is -2.25. The molecular weight excluding hydrogens is 821 g/mol. The van der Waals surface area contributed by atoms with Gasteiger partial charge in [-0.25, -0.2) is 0 Å². The standard InChI is InChI=1S/C58H26B10O/c59-48-46(49(60)53(64)56(67)52(48)63)40-12-6-11-39-36-20-16-32(26-43(36)69-58(39)40)31-18-22-38-42(25-31)45(47-50(61)54(65)57(68)55(66)51(47)62)41-24-30(17-21-37(41)44(38)28-8-2-1-3-9-28)29-15-19-35-33(23-29)14-13-27-7-4-5-10-34(27)35/h1-26H. The maximum Gasteiger partial charge on any atom is 0.143 e. The predicted molar refractivity (Wildman–Crippen MR) is 305 cm³/mol. The number of fused-ring (bicyclic) bond motifs is 8. The molecule has 294 valence electrons. The molecule has 1 aromatic heterocycles. The maximum absolute atomic E-state index is 7.03. The minimum atomic E-state index is 0.143. The van der Waals surface area contributed by atoms with Crippen molar-refractivity contribution in [3.63, 3.8) is 0 Å². The van der Waals surface area contributed by atoms with Gasteiger partial charge in [0.15, 0.2) is 0 Å². The number of benzene rings is 11. The smallest absolute Gasteiger partial charge is 0.143 e. The summed E-state index contributed by atoms with van der Waals surface area (Å²) in [6.45, 7) is 0. The van der Waals surface area contributed by atoms with Crippen LogP contribution in [0.3, 0.4) is 0 Å². The molecule has 1 nitrogen and oxygen atoms in total. The van der Waals surface area contributed by atoms with Gasteiger partial charge in [-0.1, -0.05) is 149 Å². The topological polar surface area (TPSA) is 13.1 Å². The summed E-state index contributed by atoms with van der Waals surface area (Å²) in [6, 6.07) is 54.7. The van der Waals surface area contributed by atoms with Crippen LogP contribution in [0.15, 0.2) is 162 Å². The first-order valence-corrected chi connectivity index (χ1v) is 22.4. The summed E-state index contributed by atoms with van der Waals surface area (Å²) in [5.41, 5.74) is 11.4. The molecule has 1 heterocycles. The number of furan rings is 1. The number of hydrogen-bond acceptors (Lipinski definition) is 1. The Bertz CT molecular complexity index is 4140. The molecule has 11 aromatic carbocycles. The predicted octanol–water partition coefficient (Wildman–Crippen LogP) is 4.47. The van der Waals surface area contributed by atoms with Crippen LogP contribution in [0.5, 0.6) is 0 Å². The molecule has 0 aliphatic rings. The zero-order chi connectivity index (χ0) is 47.6. The third kappa shape index (κ3) is 6.60. The molecule has 11 heteroatoms. The third-order valence-corrected chi connectivity index (χ3v) is 14.0. The van der Waals surface area contributed by atoms with Crippen molar-refractivity contribution in [2.45, 2.75) is 0 Å².